The van der Waals surface area contributed by atoms with Crippen molar-refractivity contribution >= 4 is 5.91 Å². The van der Waals surface area contributed by atoms with Gasteiger partial charge in [-0.3, -0.25) is 9.69 Å². The second-order valence-electron chi connectivity index (χ2n) is 5.65. The molecule has 0 bridgehead atoms. The van der Waals surface area contributed by atoms with Crippen molar-refractivity contribution in [3.63, 3.8) is 0 Å². The molecule has 1 heterocycles. The van der Waals surface area contributed by atoms with E-state index in [1.54, 1.807) is 0 Å². The summed E-state index contributed by atoms with van der Waals surface area (Å²) in [7, 11) is 0. The first-order chi connectivity index (χ1) is 9.56. The minimum atomic E-state index is -0.200. The fourth-order valence-corrected chi connectivity index (χ4v) is 2.48. The lowest BCUT2D eigenvalue weighted by Crippen LogP contribution is -2.48. The highest BCUT2D eigenvalue weighted by molar-refractivity contribution is 5.81. The third-order valence-electron chi connectivity index (χ3n) is 4.01. The average molecular weight is 276 g/mol. The van der Waals surface area contributed by atoms with Crippen LogP contribution in [-0.2, 0) is 11.3 Å². The van der Waals surface area contributed by atoms with E-state index in [1.165, 1.54) is 5.56 Å². The number of aryl methyl sites for hydroxylation is 1. The van der Waals surface area contributed by atoms with Crippen LogP contribution in [0.1, 0.15) is 30.9 Å². The summed E-state index contributed by atoms with van der Waals surface area (Å²) in [5.74, 6) is 0.0574. The molecule has 0 spiro atoms. The van der Waals surface area contributed by atoms with E-state index in [0.29, 0.717) is 6.54 Å². The minimum Gasteiger partial charge on any atom is -0.393 e. The van der Waals surface area contributed by atoms with E-state index in [2.05, 4.69) is 29.3 Å². The Morgan fingerprint density at radius 1 is 1.35 bits per heavy atom. The van der Waals surface area contributed by atoms with Crippen molar-refractivity contribution in [2.75, 3.05) is 13.1 Å². The standard InChI is InChI=1S/C16H24N2O2/c1-12-3-5-14(6-4-12)11-17-16(20)13(2)18-9-7-15(19)8-10-18/h3-6,13,15,19H,7-11H2,1-2H3,(H,17,20)/t13-/m0/s1. The van der Waals surface area contributed by atoms with E-state index >= 15 is 0 Å². The van der Waals surface area contributed by atoms with E-state index in [1.807, 2.05) is 19.1 Å². The molecule has 1 saturated heterocycles. The molecule has 4 nitrogen and oxygen atoms in total. The van der Waals surface area contributed by atoms with Crippen molar-refractivity contribution in [3.8, 4) is 0 Å². The summed E-state index contributed by atoms with van der Waals surface area (Å²) >= 11 is 0. The molecular formula is C16H24N2O2. The van der Waals surface area contributed by atoms with Gasteiger partial charge in [0.05, 0.1) is 12.1 Å². The number of nitrogens with one attached hydrogen (secondary N) is 1. The smallest absolute Gasteiger partial charge is 0.237 e. The zero-order chi connectivity index (χ0) is 14.5. The second kappa shape index (κ2) is 6.86. The molecule has 1 aromatic rings. The predicted molar refractivity (Wildman–Crippen MR) is 79.3 cm³/mol. The van der Waals surface area contributed by atoms with Gasteiger partial charge >= 0.3 is 0 Å². The van der Waals surface area contributed by atoms with Gasteiger partial charge in [-0.05, 0) is 32.3 Å². The Hall–Kier alpha value is -1.39. The number of carbonyl (C=O) groups is 1. The van der Waals surface area contributed by atoms with Gasteiger partial charge in [0.25, 0.3) is 0 Å². The summed E-state index contributed by atoms with van der Waals surface area (Å²) in [6.45, 7) is 6.14. The number of aliphatic hydroxyl groups is 1. The maximum Gasteiger partial charge on any atom is 0.237 e. The average Bonchev–Trinajstić information content (AvgIpc) is 2.46. The highest BCUT2D eigenvalue weighted by Gasteiger charge is 2.25. The molecule has 1 aliphatic rings. The Morgan fingerprint density at radius 2 is 1.95 bits per heavy atom. The molecule has 1 aromatic carbocycles. The molecule has 1 atom stereocenters. The van der Waals surface area contributed by atoms with Crippen LogP contribution in [0.15, 0.2) is 24.3 Å². The van der Waals surface area contributed by atoms with Crippen LogP contribution in [0.25, 0.3) is 0 Å². The molecular weight excluding hydrogens is 252 g/mol. The first-order valence-corrected chi connectivity index (χ1v) is 7.31. The summed E-state index contributed by atoms with van der Waals surface area (Å²) in [5.41, 5.74) is 2.34. The lowest BCUT2D eigenvalue weighted by Gasteiger charge is -2.33. The van der Waals surface area contributed by atoms with E-state index < -0.39 is 0 Å². The third kappa shape index (κ3) is 4.05. The van der Waals surface area contributed by atoms with Gasteiger partial charge in [-0.15, -0.1) is 0 Å². The number of likely N-dealkylation sites (tertiary alicyclic amines) is 1. The highest BCUT2D eigenvalue weighted by Crippen LogP contribution is 2.13. The molecule has 4 heteroatoms. The van der Waals surface area contributed by atoms with Gasteiger partial charge in [0.2, 0.25) is 5.91 Å². The maximum atomic E-state index is 12.1. The largest absolute Gasteiger partial charge is 0.393 e. The summed E-state index contributed by atoms with van der Waals surface area (Å²) in [6, 6.07) is 8.05. The topological polar surface area (TPSA) is 52.6 Å². The van der Waals surface area contributed by atoms with E-state index in [9.17, 15) is 9.90 Å². The van der Waals surface area contributed by atoms with Gasteiger partial charge < -0.3 is 10.4 Å². The van der Waals surface area contributed by atoms with Gasteiger partial charge in [-0.1, -0.05) is 29.8 Å². The first kappa shape index (κ1) is 15.0. The molecule has 2 rings (SSSR count). The van der Waals surface area contributed by atoms with Gasteiger partial charge in [0, 0.05) is 19.6 Å². The molecule has 1 aliphatic heterocycles. The van der Waals surface area contributed by atoms with Crippen LogP contribution >= 0.6 is 0 Å². The molecule has 0 saturated carbocycles. The number of piperidine rings is 1. The van der Waals surface area contributed by atoms with E-state index in [0.717, 1.165) is 31.5 Å². The molecule has 20 heavy (non-hydrogen) atoms. The number of carbonyl (C=O) groups excluding carboxylic acids is 1. The molecule has 0 aromatic heterocycles. The fraction of sp³-hybridized carbons (Fsp3) is 0.562. The van der Waals surface area contributed by atoms with Crippen LogP contribution in [0.2, 0.25) is 0 Å². The number of amides is 1. The van der Waals surface area contributed by atoms with Crippen molar-refractivity contribution in [1.29, 1.82) is 0 Å². The third-order valence-corrected chi connectivity index (χ3v) is 4.01. The Labute approximate surface area is 120 Å². The first-order valence-electron chi connectivity index (χ1n) is 7.31. The molecule has 1 fully saturated rings. The number of benzene rings is 1. The quantitative estimate of drug-likeness (QED) is 0.875. The Morgan fingerprint density at radius 3 is 2.55 bits per heavy atom. The Bertz CT molecular complexity index is 436. The van der Waals surface area contributed by atoms with E-state index in [-0.39, 0.29) is 18.1 Å². The van der Waals surface area contributed by atoms with Crippen molar-refractivity contribution < 1.29 is 9.90 Å². The molecule has 0 aliphatic carbocycles. The van der Waals surface area contributed by atoms with Gasteiger partial charge in [-0.25, -0.2) is 0 Å². The normalized spacial score (nSPS) is 18.8. The minimum absolute atomic E-state index is 0.0574. The van der Waals surface area contributed by atoms with Gasteiger partial charge in [-0.2, -0.15) is 0 Å². The van der Waals surface area contributed by atoms with Crippen molar-refractivity contribution in [3.05, 3.63) is 35.4 Å². The van der Waals surface area contributed by atoms with Crippen molar-refractivity contribution in [2.24, 2.45) is 0 Å². The lowest BCUT2D eigenvalue weighted by atomic mass is 10.1. The zero-order valence-electron chi connectivity index (χ0n) is 12.3. The van der Waals surface area contributed by atoms with Crippen LogP contribution in [-0.4, -0.2) is 41.1 Å². The molecule has 110 valence electrons. The Kier molecular flexibility index (Phi) is 5.15. The fourth-order valence-electron chi connectivity index (χ4n) is 2.48. The second-order valence-corrected chi connectivity index (χ2v) is 5.65. The molecule has 2 N–H and O–H groups in total. The monoisotopic (exact) mass is 276 g/mol. The van der Waals surface area contributed by atoms with Gasteiger partial charge in [0.1, 0.15) is 0 Å². The van der Waals surface area contributed by atoms with Crippen LogP contribution < -0.4 is 5.32 Å². The lowest BCUT2D eigenvalue weighted by molar-refractivity contribution is -0.126. The summed E-state index contributed by atoms with van der Waals surface area (Å²) in [6.07, 6.45) is 1.32. The van der Waals surface area contributed by atoms with Crippen LogP contribution in [0.3, 0.4) is 0 Å². The van der Waals surface area contributed by atoms with E-state index in [4.69, 9.17) is 0 Å². The van der Waals surface area contributed by atoms with Crippen molar-refractivity contribution in [1.82, 2.24) is 10.2 Å². The predicted octanol–water partition coefficient (Wildman–Crippen LogP) is 1.46. The number of nitrogens with zero attached hydrogens (tertiary/aromatic N) is 1. The molecule has 1 amide bonds. The summed E-state index contributed by atoms with van der Waals surface area (Å²) < 4.78 is 0. The number of aliphatic hydroxyl groups excluding tert-OH is 1. The summed E-state index contributed by atoms with van der Waals surface area (Å²) in [5, 5.41) is 12.5. The maximum absolute atomic E-state index is 12.1. The van der Waals surface area contributed by atoms with Crippen LogP contribution in [0.5, 0.6) is 0 Å². The van der Waals surface area contributed by atoms with Gasteiger partial charge in [0.15, 0.2) is 0 Å². The van der Waals surface area contributed by atoms with Crippen LogP contribution in [0, 0.1) is 6.92 Å². The number of rotatable bonds is 4. The highest BCUT2D eigenvalue weighted by atomic mass is 16.3. The SMILES string of the molecule is Cc1ccc(CNC(=O)[C@H](C)N2CCC(O)CC2)cc1. The number of hydrogen-bond donors (Lipinski definition) is 2. The number of hydrogen-bond acceptors (Lipinski definition) is 3. The molecule has 0 radical (unpaired) electrons. The zero-order valence-corrected chi connectivity index (χ0v) is 12.3. The van der Waals surface area contributed by atoms with Crippen molar-refractivity contribution in [2.45, 2.75) is 45.4 Å². The van der Waals surface area contributed by atoms with Crippen LogP contribution in [0.4, 0.5) is 0 Å². The summed E-state index contributed by atoms with van der Waals surface area (Å²) in [4.78, 5) is 14.3. The Balaban J connectivity index is 1.80. The molecule has 0 unspecified atom stereocenters.